The summed E-state index contributed by atoms with van der Waals surface area (Å²) in [6.07, 6.45) is -4.05. The first-order chi connectivity index (χ1) is 10.5. The summed E-state index contributed by atoms with van der Waals surface area (Å²) in [4.78, 5) is 22.6. The number of hydrogen-bond acceptors (Lipinski definition) is 2. The largest absolute Gasteiger partial charge is 0.481 e. The molecule has 0 saturated heterocycles. The lowest BCUT2D eigenvalue weighted by atomic mass is 9.84. The maximum atomic E-state index is 12.6. The molecule has 0 aliphatic heterocycles. The number of hydrogen-bond donors (Lipinski definition) is 2. The monoisotopic (exact) mass is 329 g/mol. The van der Waals surface area contributed by atoms with Gasteiger partial charge in [0.1, 0.15) is 0 Å². The van der Waals surface area contributed by atoms with E-state index in [1.54, 1.807) is 13.8 Å². The van der Waals surface area contributed by atoms with Gasteiger partial charge in [0.05, 0.1) is 17.4 Å². The number of carboxylic acids is 1. The minimum atomic E-state index is -4.38. The summed E-state index contributed by atoms with van der Waals surface area (Å²) < 4.78 is 37.7. The van der Waals surface area contributed by atoms with E-state index in [1.807, 2.05) is 0 Å². The van der Waals surface area contributed by atoms with Gasteiger partial charge < -0.3 is 10.4 Å². The summed E-state index contributed by atoms with van der Waals surface area (Å²) in [5, 5.41) is 11.5. The number of carbonyl (C=O) groups is 2. The molecule has 1 aliphatic carbocycles. The Balaban J connectivity index is 1.96. The van der Waals surface area contributed by atoms with Gasteiger partial charge in [0.2, 0.25) is 5.91 Å². The lowest BCUT2D eigenvalue weighted by Crippen LogP contribution is -2.37. The number of carbonyl (C=O) groups excluding carboxylic acids is 1. The number of halogens is 3. The zero-order valence-electron chi connectivity index (χ0n) is 12.8. The van der Waals surface area contributed by atoms with Gasteiger partial charge in [-0.25, -0.2) is 0 Å². The predicted octanol–water partition coefficient (Wildman–Crippen LogP) is 2.82. The van der Waals surface area contributed by atoms with Crippen molar-refractivity contribution in [3.63, 3.8) is 0 Å². The zero-order valence-corrected chi connectivity index (χ0v) is 12.8. The second-order valence-corrected chi connectivity index (χ2v) is 6.46. The molecule has 23 heavy (non-hydrogen) atoms. The van der Waals surface area contributed by atoms with Crippen molar-refractivity contribution in [2.75, 3.05) is 6.54 Å². The number of rotatable bonds is 5. The molecule has 0 heterocycles. The maximum absolute atomic E-state index is 12.6. The van der Waals surface area contributed by atoms with Crippen LogP contribution in [0.5, 0.6) is 0 Å². The SMILES string of the molecule is CC(C)(CNC(=O)C1CC1C(=O)O)c1ccc(C(F)(F)F)cc1. The quantitative estimate of drug-likeness (QED) is 0.873. The van der Waals surface area contributed by atoms with Crippen LogP contribution in [0.15, 0.2) is 24.3 Å². The van der Waals surface area contributed by atoms with E-state index in [0.29, 0.717) is 12.0 Å². The summed E-state index contributed by atoms with van der Waals surface area (Å²) in [7, 11) is 0. The summed E-state index contributed by atoms with van der Waals surface area (Å²) >= 11 is 0. The first-order valence-electron chi connectivity index (χ1n) is 7.20. The third-order valence-corrected chi connectivity index (χ3v) is 4.14. The zero-order chi connectivity index (χ0) is 17.4. The minimum absolute atomic E-state index is 0.222. The first kappa shape index (κ1) is 17.3. The van der Waals surface area contributed by atoms with E-state index in [0.717, 1.165) is 12.1 Å². The van der Waals surface area contributed by atoms with E-state index < -0.39 is 35.0 Å². The Bertz CT molecular complexity index is 608. The molecule has 2 unspecified atom stereocenters. The summed E-state index contributed by atoms with van der Waals surface area (Å²) in [6, 6.07) is 4.82. The molecule has 1 aromatic carbocycles. The molecule has 4 nitrogen and oxygen atoms in total. The van der Waals surface area contributed by atoms with Crippen molar-refractivity contribution < 1.29 is 27.9 Å². The molecule has 2 atom stereocenters. The van der Waals surface area contributed by atoms with Crippen LogP contribution in [0.2, 0.25) is 0 Å². The summed E-state index contributed by atoms with van der Waals surface area (Å²) in [6.45, 7) is 3.83. The molecule has 2 N–H and O–H groups in total. The highest BCUT2D eigenvalue weighted by molar-refractivity contribution is 5.89. The predicted molar refractivity (Wildman–Crippen MR) is 76.7 cm³/mol. The van der Waals surface area contributed by atoms with E-state index in [4.69, 9.17) is 5.11 Å². The van der Waals surface area contributed by atoms with E-state index in [1.165, 1.54) is 12.1 Å². The van der Waals surface area contributed by atoms with Crippen LogP contribution in [0.4, 0.5) is 13.2 Å². The highest BCUT2D eigenvalue weighted by atomic mass is 19.4. The van der Waals surface area contributed by atoms with Gasteiger partial charge in [-0.05, 0) is 24.1 Å². The molecule has 1 fully saturated rings. The lowest BCUT2D eigenvalue weighted by molar-refractivity contribution is -0.140. The number of nitrogens with one attached hydrogen (secondary N) is 1. The third kappa shape index (κ3) is 4.03. The molecule has 1 amide bonds. The molecule has 1 aromatic rings. The molecule has 2 rings (SSSR count). The Morgan fingerprint density at radius 2 is 1.65 bits per heavy atom. The number of benzene rings is 1. The van der Waals surface area contributed by atoms with Crippen LogP contribution >= 0.6 is 0 Å². The minimum Gasteiger partial charge on any atom is -0.481 e. The molecule has 0 radical (unpaired) electrons. The van der Waals surface area contributed by atoms with Crippen molar-refractivity contribution >= 4 is 11.9 Å². The smallest absolute Gasteiger partial charge is 0.416 e. The molecular weight excluding hydrogens is 311 g/mol. The highest BCUT2D eigenvalue weighted by Gasteiger charge is 2.48. The Morgan fingerprint density at radius 3 is 2.09 bits per heavy atom. The molecule has 0 spiro atoms. The van der Waals surface area contributed by atoms with Gasteiger partial charge in [-0.2, -0.15) is 13.2 Å². The van der Waals surface area contributed by atoms with Gasteiger partial charge >= 0.3 is 12.1 Å². The molecular formula is C16H18F3NO3. The summed E-state index contributed by atoms with van der Waals surface area (Å²) in [5.74, 6) is -2.43. The molecule has 1 saturated carbocycles. The van der Waals surface area contributed by atoms with E-state index in [-0.39, 0.29) is 12.5 Å². The third-order valence-electron chi connectivity index (χ3n) is 4.14. The molecule has 7 heteroatoms. The normalized spacial score (nSPS) is 20.9. The second kappa shape index (κ2) is 5.86. The van der Waals surface area contributed by atoms with Crippen molar-refractivity contribution in [3.8, 4) is 0 Å². The Morgan fingerprint density at radius 1 is 1.13 bits per heavy atom. The first-order valence-corrected chi connectivity index (χ1v) is 7.20. The van der Waals surface area contributed by atoms with E-state index in [2.05, 4.69) is 5.32 Å². The average Bonchev–Trinajstić information content (AvgIpc) is 3.25. The van der Waals surface area contributed by atoms with Gasteiger partial charge in [0.25, 0.3) is 0 Å². The molecule has 126 valence electrons. The number of amides is 1. The van der Waals surface area contributed by atoms with Crippen molar-refractivity contribution in [1.82, 2.24) is 5.32 Å². The average molecular weight is 329 g/mol. The number of alkyl halides is 3. The highest BCUT2D eigenvalue weighted by Crippen LogP contribution is 2.39. The molecule has 1 aliphatic rings. The lowest BCUT2D eigenvalue weighted by Gasteiger charge is -2.26. The fourth-order valence-corrected chi connectivity index (χ4v) is 2.41. The number of carboxylic acid groups (broad SMARTS) is 1. The maximum Gasteiger partial charge on any atom is 0.416 e. The van der Waals surface area contributed by atoms with Crippen LogP contribution < -0.4 is 5.32 Å². The van der Waals surface area contributed by atoms with Crippen LogP contribution in [-0.4, -0.2) is 23.5 Å². The standard InChI is InChI=1S/C16H18F3NO3/c1-15(2,8-20-13(21)11-7-12(11)14(22)23)9-3-5-10(6-4-9)16(17,18)19/h3-6,11-12H,7-8H2,1-2H3,(H,20,21)(H,22,23). The van der Waals surface area contributed by atoms with Crippen LogP contribution in [0.3, 0.4) is 0 Å². The Labute approximate surface area is 131 Å². The van der Waals surface area contributed by atoms with Gasteiger partial charge in [-0.1, -0.05) is 26.0 Å². The van der Waals surface area contributed by atoms with Crippen molar-refractivity contribution in [3.05, 3.63) is 35.4 Å². The van der Waals surface area contributed by atoms with Gasteiger partial charge in [0, 0.05) is 12.0 Å². The number of aliphatic carboxylic acids is 1. The van der Waals surface area contributed by atoms with Gasteiger partial charge in [-0.15, -0.1) is 0 Å². The van der Waals surface area contributed by atoms with Crippen LogP contribution in [-0.2, 0) is 21.2 Å². The second-order valence-electron chi connectivity index (χ2n) is 6.46. The fraction of sp³-hybridized carbons (Fsp3) is 0.500. The fourth-order valence-electron chi connectivity index (χ4n) is 2.41. The molecule has 0 bridgehead atoms. The summed E-state index contributed by atoms with van der Waals surface area (Å²) in [5.41, 5.74) is -0.618. The topological polar surface area (TPSA) is 66.4 Å². The Hall–Kier alpha value is -2.05. The van der Waals surface area contributed by atoms with Crippen molar-refractivity contribution in [2.45, 2.75) is 31.9 Å². The van der Waals surface area contributed by atoms with E-state index in [9.17, 15) is 22.8 Å². The van der Waals surface area contributed by atoms with Crippen molar-refractivity contribution in [1.29, 1.82) is 0 Å². The van der Waals surface area contributed by atoms with Gasteiger partial charge in [-0.3, -0.25) is 9.59 Å². The Kier molecular flexibility index (Phi) is 4.41. The van der Waals surface area contributed by atoms with Crippen molar-refractivity contribution in [2.24, 2.45) is 11.8 Å². The van der Waals surface area contributed by atoms with Gasteiger partial charge in [0.15, 0.2) is 0 Å². The van der Waals surface area contributed by atoms with Crippen LogP contribution in [0.1, 0.15) is 31.4 Å². The molecule has 0 aromatic heterocycles. The van der Waals surface area contributed by atoms with Crippen LogP contribution in [0, 0.1) is 11.8 Å². The van der Waals surface area contributed by atoms with Crippen LogP contribution in [0.25, 0.3) is 0 Å². The van der Waals surface area contributed by atoms with E-state index >= 15 is 0 Å².